The van der Waals surface area contributed by atoms with Crippen molar-refractivity contribution in [2.45, 2.75) is 38.6 Å². The van der Waals surface area contributed by atoms with E-state index in [1.165, 1.54) is 31.4 Å². The van der Waals surface area contributed by atoms with Crippen LogP contribution >= 0.6 is 15.9 Å². The van der Waals surface area contributed by atoms with E-state index in [1.54, 1.807) is 0 Å². The Morgan fingerprint density at radius 1 is 1.38 bits per heavy atom. The van der Waals surface area contributed by atoms with Crippen LogP contribution in [0.5, 0.6) is 0 Å². The lowest BCUT2D eigenvalue weighted by atomic mass is 10.1. The van der Waals surface area contributed by atoms with Gasteiger partial charge in [0.05, 0.1) is 11.4 Å². The van der Waals surface area contributed by atoms with Crippen LogP contribution in [0.2, 0.25) is 0 Å². The summed E-state index contributed by atoms with van der Waals surface area (Å²) in [4.78, 5) is 2.45. The standard InChI is InChI=1S/C13H19BrN2/c1-2-16(11-5-3-4-6-11)13-8-7-10(14)9-12(13)15/h7-9,11H,2-6,15H2,1H3. The third kappa shape index (κ3) is 2.34. The third-order valence-electron chi connectivity index (χ3n) is 3.41. The topological polar surface area (TPSA) is 29.3 Å². The molecule has 0 bridgehead atoms. The highest BCUT2D eigenvalue weighted by molar-refractivity contribution is 9.10. The molecule has 1 aliphatic carbocycles. The number of hydrogen-bond acceptors (Lipinski definition) is 2. The Kier molecular flexibility index (Phi) is 3.74. The maximum Gasteiger partial charge on any atom is 0.0603 e. The lowest BCUT2D eigenvalue weighted by Gasteiger charge is -2.31. The van der Waals surface area contributed by atoms with Gasteiger partial charge in [0.1, 0.15) is 0 Å². The fourth-order valence-electron chi connectivity index (χ4n) is 2.63. The zero-order valence-electron chi connectivity index (χ0n) is 9.75. The first kappa shape index (κ1) is 11.8. The third-order valence-corrected chi connectivity index (χ3v) is 3.90. The number of nitrogen functional groups attached to an aromatic ring is 1. The summed E-state index contributed by atoms with van der Waals surface area (Å²) in [5.74, 6) is 0. The summed E-state index contributed by atoms with van der Waals surface area (Å²) in [5, 5.41) is 0. The molecule has 0 unspecified atom stereocenters. The molecule has 88 valence electrons. The number of benzene rings is 1. The maximum absolute atomic E-state index is 6.09. The van der Waals surface area contributed by atoms with Crippen LogP contribution in [0.1, 0.15) is 32.6 Å². The quantitative estimate of drug-likeness (QED) is 0.855. The van der Waals surface area contributed by atoms with Crippen molar-refractivity contribution in [3.8, 4) is 0 Å². The van der Waals surface area contributed by atoms with Gasteiger partial charge in [-0.05, 0) is 38.0 Å². The fraction of sp³-hybridized carbons (Fsp3) is 0.538. The van der Waals surface area contributed by atoms with E-state index in [0.717, 1.165) is 16.7 Å². The highest BCUT2D eigenvalue weighted by Gasteiger charge is 2.22. The van der Waals surface area contributed by atoms with E-state index in [2.05, 4.69) is 39.9 Å². The van der Waals surface area contributed by atoms with Crippen LogP contribution in [-0.2, 0) is 0 Å². The number of nitrogens with two attached hydrogens (primary N) is 1. The lowest BCUT2D eigenvalue weighted by molar-refractivity contribution is 0.620. The Balaban J connectivity index is 2.25. The molecule has 1 saturated carbocycles. The molecule has 2 nitrogen and oxygen atoms in total. The number of halogens is 1. The highest BCUT2D eigenvalue weighted by Crippen LogP contribution is 2.32. The van der Waals surface area contributed by atoms with E-state index in [4.69, 9.17) is 5.73 Å². The van der Waals surface area contributed by atoms with E-state index in [1.807, 2.05) is 6.07 Å². The van der Waals surface area contributed by atoms with E-state index in [0.29, 0.717) is 6.04 Å². The summed E-state index contributed by atoms with van der Waals surface area (Å²) in [7, 11) is 0. The molecule has 0 aliphatic heterocycles. The van der Waals surface area contributed by atoms with Crippen molar-refractivity contribution < 1.29 is 0 Å². The molecule has 0 saturated heterocycles. The predicted molar refractivity (Wildman–Crippen MR) is 73.8 cm³/mol. The zero-order chi connectivity index (χ0) is 11.5. The molecule has 0 aromatic heterocycles. The van der Waals surface area contributed by atoms with Crippen molar-refractivity contribution in [2.75, 3.05) is 17.2 Å². The van der Waals surface area contributed by atoms with Gasteiger partial charge in [-0.25, -0.2) is 0 Å². The Hall–Kier alpha value is -0.700. The number of nitrogens with zero attached hydrogens (tertiary/aromatic N) is 1. The van der Waals surface area contributed by atoms with Crippen LogP contribution < -0.4 is 10.6 Å². The van der Waals surface area contributed by atoms with Crippen molar-refractivity contribution >= 4 is 27.3 Å². The average molecular weight is 283 g/mol. The second kappa shape index (κ2) is 5.09. The molecule has 1 fully saturated rings. The Morgan fingerprint density at radius 2 is 2.06 bits per heavy atom. The first-order valence-electron chi connectivity index (χ1n) is 6.04. The van der Waals surface area contributed by atoms with Gasteiger partial charge in [0.15, 0.2) is 0 Å². The monoisotopic (exact) mass is 282 g/mol. The number of hydrogen-bond donors (Lipinski definition) is 1. The molecular weight excluding hydrogens is 264 g/mol. The summed E-state index contributed by atoms with van der Waals surface area (Å²) in [5.41, 5.74) is 8.16. The summed E-state index contributed by atoms with van der Waals surface area (Å²) < 4.78 is 1.05. The summed E-state index contributed by atoms with van der Waals surface area (Å²) in [6, 6.07) is 6.88. The van der Waals surface area contributed by atoms with Gasteiger partial charge in [-0.3, -0.25) is 0 Å². The Morgan fingerprint density at radius 3 is 2.62 bits per heavy atom. The van der Waals surface area contributed by atoms with Gasteiger partial charge in [-0.2, -0.15) is 0 Å². The molecule has 0 amide bonds. The molecule has 0 radical (unpaired) electrons. The SMILES string of the molecule is CCN(c1ccc(Br)cc1N)C1CCCC1. The van der Waals surface area contributed by atoms with Crippen LogP contribution in [0.15, 0.2) is 22.7 Å². The summed E-state index contributed by atoms with van der Waals surface area (Å²) in [6.07, 6.45) is 5.34. The van der Waals surface area contributed by atoms with Crippen molar-refractivity contribution in [1.29, 1.82) is 0 Å². The highest BCUT2D eigenvalue weighted by atomic mass is 79.9. The normalized spacial score (nSPS) is 16.6. The molecule has 0 heterocycles. The first-order valence-corrected chi connectivity index (χ1v) is 6.83. The first-order chi connectivity index (χ1) is 7.72. The molecule has 2 N–H and O–H groups in total. The number of anilines is 2. The van der Waals surface area contributed by atoms with Crippen LogP contribution in [0.25, 0.3) is 0 Å². The molecule has 2 rings (SSSR count). The summed E-state index contributed by atoms with van der Waals surface area (Å²) >= 11 is 3.45. The Labute approximate surface area is 106 Å². The van der Waals surface area contributed by atoms with Gasteiger partial charge in [-0.15, -0.1) is 0 Å². The van der Waals surface area contributed by atoms with E-state index >= 15 is 0 Å². The van der Waals surface area contributed by atoms with Crippen molar-refractivity contribution in [3.05, 3.63) is 22.7 Å². The second-order valence-corrected chi connectivity index (χ2v) is 5.34. The van der Waals surface area contributed by atoms with Gasteiger partial charge in [0, 0.05) is 17.1 Å². The fourth-order valence-corrected chi connectivity index (χ4v) is 3.01. The van der Waals surface area contributed by atoms with E-state index in [9.17, 15) is 0 Å². The van der Waals surface area contributed by atoms with Crippen LogP contribution in [0.4, 0.5) is 11.4 Å². The minimum atomic E-state index is 0.688. The zero-order valence-corrected chi connectivity index (χ0v) is 11.3. The minimum absolute atomic E-state index is 0.688. The molecule has 0 atom stereocenters. The number of rotatable bonds is 3. The lowest BCUT2D eigenvalue weighted by Crippen LogP contribution is -2.33. The van der Waals surface area contributed by atoms with E-state index in [-0.39, 0.29) is 0 Å². The van der Waals surface area contributed by atoms with Crippen LogP contribution in [0, 0.1) is 0 Å². The van der Waals surface area contributed by atoms with Gasteiger partial charge < -0.3 is 10.6 Å². The molecular formula is C13H19BrN2. The molecule has 1 aromatic rings. The van der Waals surface area contributed by atoms with Crippen molar-refractivity contribution in [2.24, 2.45) is 0 Å². The van der Waals surface area contributed by atoms with Gasteiger partial charge in [-0.1, -0.05) is 28.8 Å². The maximum atomic E-state index is 6.09. The van der Waals surface area contributed by atoms with Gasteiger partial charge in [0.2, 0.25) is 0 Å². The van der Waals surface area contributed by atoms with Crippen LogP contribution in [-0.4, -0.2) is 12.6 Å². The molecule has 3 heteroatoms. The van der Waals surface area contributed by atoms with Crippen molar-refractivity contribution in [1.82, 2.24) is 0 Å². The van der Waals surface area contributed by atoms with E-state index < -0.39 is 0 Å². The molecule has 16 heavy (non-hydrogen) atoms. The second-order valence-electron chi connectivity index (χ2n) is 4.43. The van der Waals surface area contributed by atoms with Gasteiger partial charge in [0.25, 0.3) is 0 Å². The molecule has 1 aliphatic rings. The van der Waals surface area contributed by atoms with Crippen LogP contribution in [0.3, 0.4) is 0 Å². The summed E-state index contributed by atoms with van der Waals surface area (Å²) in [6.45, 7) is 3.25. The Bertz CT molecular complexity index is 359. The smallest absolute Gasteiger partial charge is 0.0603 e. The van der Waals surface area contributed by atoms with Gasteiger partial charge >= 0.3 is 0 Å². The van der Waals surface area contributed by atoms with Crippen molar-refractivity contribution in [3.63, 3.8) is 0 Å². The molecule has 0 spiro atoms. The minimum Gasteiger partial charge on any atom is -0.397 e. The largest absolute Gasteiger partial charge is 0.397 e. The average Bonchev–Trinajstić information content (AvgIpc) is 2.75. The predicted octanol–water partition coefficient (Wildman–Crippen LogP) is 3.80. The molecule has 1 aromatic carbocycles.